The number of primary amides is 1. The van der Waals surface area contributed by atoms with Gasteiger partial charge in [0.25, 0.3) is 5.91 Å². The minimum atomic E-state index is -0.489. The Kier molecular flexibility index (Phi) is 7.44. The number of halogens is 1. The molecule has 0 aliphatic carbocycles. The number of urea groups is 1. The lowest BCUT2D eigenvalue weighted by Crippen LogP contribution is -2.53. The minimum absolute atomic E-state index is 0.195. The van der Waals surface area contributed by atoms with E-state index in [0.29, 0.717) is 29.5 Å². The van der Waals surface area contributed by atoms with E-state index in [9.17, 15) is 9.59 Å². The Labute approximate surface area is 188 Å². The van der Waals surface area contributed by atoms with Gasteiger partial charge in [-0.15, -0.1) is 0 Å². The highest BCUT2D eigenvalue weighted by molar-refractivity contribution is 6.34. The number of anilines is 1. The van der Waals surface area contributed by atoms with Gasteiger partial charge in [-0.05, 0) is 50.1 Å². The van der Waals surface area contributed by atoms with E-state index in [2.05, 4.69) is 6.92 Å². The predicted octanol–water partition coefficient (Wildman–Crippen LogP) is 5.23. The van der Waals surface area contributed by atoms with Crippen LogP contribution in [0.4, 0.5) is 10.5 Å². The minimum Gasteiger partial charge on any atom is -0.494 e. The number of nitrogens with zero attached hydrogens (tertiary/aromatic N) is 2. The molecule has 1 aliphatic rings. The lowest BCUT2D eigenvalue weighted by molar-refractivity contribution is 0.0957. The van der Waals surface area contributed by atoms with Crippen molar-refractivity contribution < 1.29 is 14.3 Å². The number of fused-ring (bicyclic) bond motifs is 1. The highest BCUT2D eigenvalue weighted by Gasteiger charge is 2.38. The van der Waals surface area contributed by atoms with Crippen molar-refractivity contribution in [3.63, 3.8) is 0 Å². The third-order valence-electron chi connectivity index (χ3n) is 5.81. The molecule has 0 saturated carbocycles. The van der Waals surface area contributed by atoms with E-state index >= 15 is 0 Å². The van der Waals surface area contributed by atoms with Crippen LogP contribution >= 0.6 is 11.6 Å². The molecule has 0 radical (unpaired) electrons. The summed E-state index contributed by atoms with van der Waals surface area (Å²) in [5.41, 5.74) is 7.79. The standard InChI is InChI=1S/C24H30ClN3O3/c1-4-6-10-21-16(3)27(24(26)30)15-17-9-7-8-11-22(17)28(21)23(29)19-13-12-18(31-5-2)14-20(19)25/h7-9,11-14,16,21H,4-6,10,15H2,1-3H3,(H2,26,30)/t16?,21-/m1/s1. The fourth-order valence-corrected chi connectivity index (χ4v) is 4.44. The van der Waals surface area contributed by atoms with Gasteiger partial charge in [0.15, 0.2) is 0 Å². The average molecular weight is 444 g/mol. The second-order valence-electron chi connectivity index (χ2n) is 7.79. The number of hydrogen-bond acceptors (Lipinski definition) is 3. The first-order chi connectivity index (χ1) is 14.9. The number of unbranched alkanes of at least 4 members (excludes halogenated alkanes) is 1. The zero-order valence-corrected chi connectivity index (χ0v) is 19.1. The van der Waals surface area contributed by atoms with E-state index in [1.165, 1.54) is 0 Å². The second kappa shape index (κ2) is 10.1. The first-order valence-electron chi connectivity index (χ1n) is 10.8. The predicted molar refractivity (Wildman–Crippen MR) is 124 cm³/mol. The molecule has 0 spiro atoms. The molecule has 3 rings (SSSR count). The summed E-state index contributed by atoms with van der Waals surface area (Å²) in [7, 11) is 0. The number of rotatable bonds is 6. The SMILES string of the molecule is CCCC[C@@H]1C(C)N(C(N)=O)Cc2ccccc2N1C(=O)c1ccc(OCC)cc1Cl. The zero-order chi connectivity index (χ0) is 22.5. The molecule has 2 aromatic carbocycles. The van der Waals surface area contributed by atoms with E-state index in [1.807, 2.05) is 38.1 Å². The van der Waals surface area contributed by atoms with Crippen molar-refractivity contribution in [2.75, 3.05) is 11.5 Å². The Morgan fingerprint density at radius 2 is 1.94 bits per heavy atom. The van der Waals surface area contributed by atoms with E-state index in [1.54, 1.807) is 28.0 Å². The van der Waals surface area contributed by atoms with Crippen LogP contribution in [-0.4, -0.2) is 35.5 Å². The van der Waals surface area contributed by atoms with Gasteiger partial charge in [-0.25, -0.2) is 4.79 Å². The van der Waals surface area contributed by atoms with E-state index < -0.39 is 6.03 Å². The second-order valence-corrected chi connectivity index (χ2v) is 8.20. The van der Waals surface area contributed by atoms with E-state index in [4.69, 9.17) is 22.1 Å². The molecule has 1 unspecified atom stereocenters. The summed E-state index contributed by atoms with van der Waals surface area (Å²) in [6, 6.07) is 11.8. The van der Waals surface area contributed by atoms with Crippen molar-refractivity contribution in [3.8, 4) is 5.75 Å². The van der Waals surface area contributed by atoms with Crippen molar-refractivity contribution in [2.45, 2.75) is 58.7 Å². The molecule has 0 saturated heterocycles. The van der Waals surface area contributed by atoms with Crippen LogP contribution in [0.25, 0.3) is 0 Å². The van der Waals surface area contributed by atoms with Crippen molar-refractivity contribution in [1.82, 2.24) is 4.90 Å². The molecule has 0 bridgehead atoms. The van der Waals surface area contributed by atoms with Crippen LogP contribution in [0.15, 0.2) is 42.5 Å². The number of nitrogens with two attached hydrogens (primary N) is 1. The zero-order valence-electron chi connectivity index (χ0n) is 18.3. The topological polar surface area (TPSA) is 75.9 Å². The molecule has 1 aliphatic heterocycles. The Morgan fingerprint density at radius 3 is 2.58 bits per heavy atom. The van der Waals surface area contributed by atoms with Crippen molar-refractivity contribution in [1.29, 1.82) is 0 Å². The number of amides is 3. The van der Waals surface area contributed by atoms with E-state index in [0.717, 1.165) is 30.5 Å². The van der Waals surface area contributed by atoms with Gasteiger partial charge in [-0.1, -0.05) is 49.6 Å². The molecule has 3 amide bonds. The molecule has 0 aromatic heterocycles. The maximum atomic E-state index is 13.9. The van der Waals surface area contributed by atoms with Gasteiger partial charge in [0.05, 0.1) is 29.3 Å². The van der Waals surface area contributed by atoms with Crippen LogP contribution in [0.5, 0.6) is 5.75 Å². The molecule has 2 atom stereocenters. The lowest BCUT2D eigenvalue weighted by atomic mass is 9.99. The number of benzene rings is 2. The molecule has 6 nitrogen and oxygen atoms in total. The molecule has 2 N–H and O–H groups in total. The smallest absolute Gasteiger partial charge is 0.315 e. The van der Waals surface area contributed by atoms with Gasteiger partial charge in [0, 0.05) is 12.2 Å². The summed E-state index contributed by atoms with van der Waals surface area (Å²) in [6.45, 7) is 6.83. The summed E-state index contributed by atoms with van der Waals surface area (Å²) >= 11 is 6.50. The first-order valence-corrected chi connectivity index (χ1v) is 11.2. The summed E-state index contributed by atoms with van der Waals surface area (Å²) in [5.74, 6) is 0.427. The largest absolute Gasteiger partial charge is 0.494 e. The van der Waals surface area contributed by atoms with Gasteiger partial charge in [0.2, 0.25) is 0 Å². The Bertz CT molecular complexity index is 949. The van der Waals surface area contributed by atoms with Crippen molar-refractivity contribution in [2.24, 2.45) is 5.73 Å². The van der Waals surface area contributed by atoms with Crippen LogP contribution in [-0.2, 0) is 6.54 Å². The summed E-state index contributed by atoms with van der Waals surface area (Å²) < 4.78 is 5.51. The fraction of sp³-hybridized carbons (Fsp3) is 0.417. The van der Waals surface area contributed by atoms with Gasteiger partial charge >= 0.3 is 6.03 Å². The quantitative estimate of drug-likeness (QED) is 0.664. The third-order valence-corrected chi connectivity index (χ3v) is 6.12. The Balaban J connectivity index is 2.11. The highest BCUT2D eigenvalue weighted by Crippen LogP contribution is 2.35. The molecular weight excluding hydrogens is 414 g/mol. The molecule has 2 aromatic rings. The number of carbonyl (C=O) groups is 2. The summed E-state index contributed by atoms with van der Waals surface area (Å²) in [4.78, 5) is 29.6. The summed E-state index contributed by atoms with van der Waals surface area (Å²) in [5, 5.41) is 0.339. The van der Waals surface area contributed by atoms with Crippen LogP contribution in [0.2, 0.25) is 5.02 Å². The fourth-order valence-electron chi connectivity index (χ4n) is 4.19. The Hall–Kier alpha value is -2.73. The van der Waals surface area contributed by atoms with Crippen molar-refractivity contribution >= 4 is 29.2 Å². The molecule has 7 heteroatoms. The normalized spacial score (nSPS) is 18.3. The molecule has 166 valence electrons. The summed E-state index contributed by atoms with van der Waals surface area (Å²) in [6.07, 6.45) is 2.65. The number of hydrogen-bond donors (Lipinski definition) is 1. The monoisotopic (exact) mass is 443 g/mol. The molecule has 0 fully saturated rings. The molecular formula is C24H30ClN3O3. The molecule has 31 heavy (non-hydrogen) atoms. The van der Waals surface area contributed by atoms with Gasteiger partial charge in [-0.2, -0.15) is 0 Å². The van der Waals surface area contributed by atoms with E-state index in [-0.39, 0.29) is 18.0 Å². The van der Waals surface area contributed by atoms with Crippen LogP contribution in [0.1, 0.15) is 56.0 Å². The van der Waals surface area contributed by atoms with Gasteiger partial charge in [-0.3, -0.25) is 4.79 Å². The number of carbonyl (C=O) groups excluding carboxylic acids is 2. The van der Waals surface area contributed by atoms with Crippen LogP contribution < -0.4 is 15.4 Å². The Morgan fingerprint density at radius 1 is 1.19 bits per heavy atom. The lowest BCUT2D eigenvalue weighted by Gasteiger charge is -2.37. The first kappa shape index (κ1) is 22.9. The number of ether oxygens (including phenoxy) is 1. The maximum absolute atomic E-state index is 13.9. The number of para-hydroxylation sites is 1. The maximum Gasteiger partial charge on any atom is 0.315 e. The highest BCUT2D eigenvalue weighted by atomic mass is 35.5. The molecule has 1 heterocycles. The third kappa shape index (κ3) is 4.79. The average Bonchev–Trinajstić information content (AvgIpc) is 2.86. The van der Waals surface area contributed by atoms with Gasteiger partial charge in [0.1, 0.15) is 5.75 Å². The van der Waals surface area contributed by atoms with Crippen LogP contribution in [0.3, 0.4) is 0 Å². The van der Waals surface area contributed by atoms with Gasteiger partial charge < -0.3 is 20.3 Å². The van der Waals surface area contributed by atoms with Crippen LogP contribution in [0, 0.1) is 0 Å². The van der Waals surface area contributed by atoms with Crippen molar-refractivity contribution in [3.05, 3.63) is 58.6 Å².